The molecule has 2 aromatic rings. The van der Waals surface area contributed by atoms with Crippen LogP contribution in [0.2, 0.25) is 0 Å². The predicted octanol–water partition coefficient (Wildman–Crippen LogP) is 4.55. The number of rotatable bonds is 0. The largest absolute Gasteiger partial charge is 0.0795 e. The standard InChI is InChI=1S/C19H14/c1-4-12-10-18-16-8-2-6-14(16)15-7-3-9-17(15)19(18)11-13(12)5-1/h1-4,6,9-11H,5,7-8H2. The lowest BCUT2D eigenvalue weighted by Crippen LogP contribution is -1.96. The highest BCUT2D eigenvalue weighted by molar-refractivity contribution is 6.01. The summed E-state index contributed by atoms with van der Waals surface area (Å²) < 4.78 is 0. The Kier molecular flexibility index (Phi) is 1.69. The van der Waals surface area contributed by atoms with Crippen LogP contribution in [0.15, 0.2) is 30.4 Å². The third-order valence-electron chi connectivity index (χ3n) is 4.72. The molecule has 0 aromatic heterocycles. The fourth-order valence-electron chi connectivity index (χ4n) is 3.83. The van der Waals surface area contributed by atoms with Crippen LogP contribution >= 0.6 is 0 Å². The molecule has 0 bridgehead atoms. The molecule has 0 radical (unpaired) electrons. The van der Waals surface area contributed by atoms with Crippen LogP contribution in [0.4, 0.5) is 0 Å². The van der Waals surface area contributed by atoms with Crippen molar-refractivity contribution in [2.24, 2.45) is 0 Å². The van der Waals surface area contributed by atoms with Crippen molar-refractivity contribution in [3.63, 3.8) is 0 Å². The molecular formula is C19H14. The van der Waals surface area contributed by atoms with Gasteiger partial charge in [0.25, 0.3) is 0 Å². The van der Waals surface area contributed by atoms with E-state index in [0.29, 0.717) is 0 Å². The minimum Gasteiger partial charge on any atom is -0.0795 e. The highest BCUT2D eigenvalue weighted by Crippen LogP contribution is 2.40. The van der Waals surface area contributed by atoms with Gasteiger partial charge in [0, 0.05) is 0 Å². The van der Waals surface area contributed by atoms with E-state index in [4.69, 9.17) is 0 Å². The average Bonchev–Trinajstić information content (AvgIpc) is 3.15. The molecule has 2 aromatic carbocycles. The zero-order chi connectivity index (χ0) is 12.4. The minimum atomic E-state index is 1.10. The molecule has 90 valence electrons. The first-order chi connectivity index (χ1) is 9.42. The first kappa shape index (κ1) is 9.80. The van der Waals surface area contributed by atoms with Crippen molar-refractivity contribution in [2.45, 2.75) is 19.3 Å². The van der Waals surface area contributed by atoms with E-state index in [1.807, 2.05) is 0 Å². The van der Waals surface area contributed by atoms with E-state index in [0.717, 1.165) is 19.3 Å². The molecule has 19 heavy (non-hydrogen) atoms. The number of hydrogen-bond acceptors (Lipinski definition) is 0. The maximum absolute atomic E-state index is 2.43. The molecule has 0 aliphatic heterocycles. The highest BCUT2D eigenvalue weighted by Gasteiger charge is 2.21. The van der Waals surface area contributed by atoms with E-state index in [2.05, 4.69) is 48.6 Å². The van der Waals surface area contributed by atoms with Crippen molar-refractivity contribution in [1.82, 2.24) is 0 Å². The van der Waals surface area contributed by atoms with Crippen molar-refractivity contribution in [3.05, 3.63) is 63.7 Å². The van der Waals surface area contributed by atoms with Gasteiger partial charge in [-0.05, 0) is 75.5 Å². The predicted molar refractivity (Wildman–Crippen MR) is 82.2 cm³/mol. The number of fused-ring (bicyclic) bond motifs is 7. The number of hydrogen-bond donors (Lipinski definition) is 0. The van der Waals surface area contributed by atoms with E-state index >= 15 is 0 Å². The van der Waals surface area contributed by atoms with Crippen LogP contribution in [0.5, 0.6) is 0 Å². The van der Waals surface area contributed by atoms with Crippen molar-refractivity contribution in [3.8, 4) is 0 Å². The molecule has 3 aliphatic rings. The Bertz CT molecular complexity index is 829. The summed E-state index contributed by atoms with van der Waals surface area (Å²) in [6.45, 7) is 0. The molecule has 0 saturated heterocycles. The van der Waals surface area contributed by atoms with Gasteiger partial charge in [0.2, 0.25) is 0 Å². The first-order valence-corrected chi connectivity index (χ1v) is 7.06. The van der Waals surface area contributed by atoms with Crippen LogP contribution in [-0.4, -0.2) is 0 Å². The van der Waals surface area contributed by atoms with Gasteiger partial charge < -0.3 is 0 Å². The Hall–Kier alpha value is -2.08. The minimum absolute atomic E-state index is 1.10. The van der Waals surface area contributed by atoms with Crippen LogP contribution in [0.1, 0.15) is 33.4 Å². The Morgan fingerprint density at radius 2 is 1.42 bits per heavy atom. The van der Waals surface area contributed by atoms with Gasteiger partial charge in [0.05, 0.1) is 0 Å². The molecule has 0 heterocycles. The summed E-state index contributed by atoms with van der Waals surface area (Å²) in [7, 11) is 0. The van der Waals surface area contributed by atoms with E-state index < -0.39 is 0 Å². The summed E-state index contributed by atoms with van der Waals surface area (Å²) in [6.07, 6.45) is 17.1. The normalized spacial score (nSPS) is 17.3. The SMILES string of the molecule is C1=Cc2cc3c4c(c5c(c3cc2C1)C=CC5)C=CC4. The summed E-state index contributed by atoms with van der Waals surface area (Å²) in [5.74, 6) is 0. The summed E-state index contributed by atoms with van der Waals surface area (Å²) >= 11 is 0. The maximum atomic E-state index is 2.43. The van der Waals surface area contributed by atoms with Crippen LogP contribution in [0.3, 0.4) is 0 Å². The molecule has 0 spiro atoms. The van der Waals surface area contributed by atoms with Crippen molar-refractivity contribution in [2.75, 3.05) is 0 Å². The van der Waals surface area contributed by atoms with E-state index in [1.165, 1.54) is 33.0 Å². The molecule has 0 heteroatoms. The van der Waals surface area contributed by atoms with Gasteiger partial charge in [0.15, 0.2) is 0 Å². The second kappa shape index (κ2) is 3.27. The van der Waals surface area contributed by atoms with Gasteiger partial charge in [-0.1, -0.05) is 36.5 Å². The maximum Gasteiger partial charge on any atom is -0.00819 e. The molecule has 0 amide bonds. The zero-order valence-electron chi connectivity index (χ0n) is 10.7. The van der Waals surface area contributed by atoms with E-state index in [-0.39, 0.29) is 0 Å². The number of benzene rings is 2. The Morgan fingerprint density at radius 1 is 0.632 bits per heavy atom. The molecule has 0 nitrogen and oxygen atoms in total. The highest BCUT2D eigenvalue weighted by atomic mass is 14.3. The van der Waals surface area contributed by atoms with Gasteiger partial charge in [-0.25, -0.2) is 0 Å². The van der Waals surface area contributed by atoms with Gasteiger partial charge >= 0.3 is 0 Å². The zero-order valence-corrected chi connectivity index (χ0v) is 10.7. The van der Waals surface area contributed by atoms with Gasteiger partial charge in [-0.2, -0.15) is 0 Å². The van der Waals surface area contributed by atoms with Crippen LogP contribution < -0.4 is 0 Å². The van der Waals surface area contributed by atoms with Gasteiger partial charge in [-0.15, -0.1) is 0 Å². The summed E-state index contributed by atoms with van der Waals surface area (Å²) in [4.78, 5) is 0. The molecule has 5 rings (SSSR count). The molecule has 0 N–H and O–H groups in total. The van der Waals surface area contributed by atoms with Crippen molar-refractivity contribution in [1.29, 1.82) is 0 Å². The van der Waals surface area contributed by atoms with Crippen LogP contribution in [0.25, 0.3) is 29.0 Å². The van der Waals surface area contributed by atoms with Crippen LogP contribution in [0, 0.1) is 0 Å². The van der Waals surface area contributed by atoms with Gasteiger partial charge in [0.1, 0.15) is 0 Å². The second-order valence-corrected chi connectivity index (χ2v) is 5.70. The summed E-state index contributed by atoms with van der Waals surface area (Å²) in [5, 5.41) is 2.93. The number of allylic oxidation sites excluding steroid dienone is 3. The lowest BCUT2D eigenvalue weighted by atomic mass is 9.89. The van der Waals surface area contributed by atoms with E-state index in [1.54, 1.807) is 11.1 Å². The molecular weight excluding hydrogens is 228 g/mol. The van der Waals surface area contributed by atoms with Crippen molar-refractivity contribution < 1.29 is 0 Å². The lowest BCUT2D eigenvalue weighted by molar-refractivity contribution is 1.26. The fourth-order valence-corrected chi connectivity index (χ4v) is 3.83. The van der Waals surface area contributed by atoms with Gasteiger partial charge in [-0.3, -0.25) is 0 Å². The summed E-state index contributed by atoms with van der Waals surface area (Å²) in [6, 6.07) is 4.84. The van der Waals surface area contributed by atoms with Crippen LogP contribution in [-0.2, 0) is 19.3 Å². The lowest BCUT2D eigenvalue weighted by Gasteiger charge is -2.14. The smallest absolute Gasteiger partial charge is 0.00819 e. The van der Waals surface area contributed by atoms with Crippen molar-refractivity contribution >= 4 is 29.0 Å². The quantitative estimate of drug-likeness (QED) is 0.636. The average molecular weight is 242 g/mol. The topological polar surface area (TPSA) is 0 Å². The fraction of sp³-hybridized carbons (Fsp3) is 0.158. The Morgan fingerprint density at radius 3 is 2.37 bits per heavy atom. The molecule has 0 saturated carbocycles. The van der Waals surface area contributed by atoms with E-state index in [9.17, 15) is 0 Å². The second-order valence-electron chi connectivity index (χ2n) is 5.70. The first-order valence-electron chi connectivity index (χ1n) is 7.06. The Labute approximate surface area is 112 Å². The molecule has 0 unspecified atom stereocenters. The molecule has 3 aliphatic carbocycles. The molecule has 0 atom stereocenters. The Balaban J connectivity index is 2.00. The molecule has 0 fully saturated rings. The third-order valence-corrected chi connectivity index (χ3v) is 4.72. The summed E-state index contributed by atoms with van der Waals surface area (Å²) in [5.41, 5.74) is 8.96. The third kappa shape index (κ3) is 1.14. The monoisotopic (exact) mass is 242 g/mol.